The van der Waals surface area contributed by atoms with Crippen LogP contribution in [-0.2, 0) is 12.8 Å². The Balaban J connectivity index is 1.92. The van der Waals surface area contributed by atoms with Crippen LogP contribution in [0.3, 0.4) is 0 Å². The number of rotatable bonds is 4. The van der Waals surface area contributed by atoms with Crippen molar-refractivity contribution < 1.29 is 9.47 Å². The maximum Gasteiger partial charge on any atom is 0.161 e. The Kier molecular flexibility index (Phi) is 4.99. The third-order valence-electron chi connectivity index (χ3n) is 4.63. The van der Waals surface area contributed by atoms with E-state index in [1.807, 2.05) is 6.07 Å². The first-order valence-corrected chi connectivity index (χ1v) is 8.99. The number of methoxy groups -OCH3 is 2. The van der Waals surface area contributed by atoms with Crippen molar-refractivity contribution in [2.24, 2.45) is 0 Å². The number of anilines is 1. The second kappa shape index (κ2) is 6.99. The minimum atomic E-state index is 0.526. The zero-order valence-electron chi connectivity index (χ0n) is 13.6. The van der Waals surface area contributed by atoms with Crippen molar-refractivity contribution >= 4 is 28.3 Å². The minimum Gasteiger partial charge on any atom is -0.493 e. The summed E-state index contributed by atoms with van der Waals surface area (Å²) < 4.78 is 12.1. The molecule has 23 heavy (non-hydrogen) atoms. The highest BCUT2D eigenvalue weighted by atomic mass is 127. The topological polar surface area (TPSA) is 44.5 Å². The van der Waals surface area contributed by atoms with Crippen LogP contribution < -0.4 is 15.2 Å². The molecule has 1 unspecified atom stereocenters. The number of ether oxygens (including phenoxy) is 2. The summed E-state index contributed by atoms with van der Waals surface area (Å²) in [4.78, 5) is 0. The van der Waals surface area contributed by atoms with Gasteiger partial charge in [-0.15, -0.1) is 0 Å². The Bertz CT molecular complexity index is 715. The van der Waals surface area contributed by atoms with Crippen molar-refractivity contribution in [3.05, 3.63) is 50.6 Å². The normalized spacial score (nSPS) is 16.7. The lowest BCUT2D eigenvalue weighted by Gasteiger charge is -2.27. The molecule has 2 aromatic carbocycles. The molecule has 1 atom stereocenters. The smallest absolute Gasteiger partial charge is 0.161 e. The molecule has 2 aromatic rings. The first-order chi connectivity index (χ1) is 11.1. The molecule has 0 fully saturated rings. The van der Waals surface area contributed by atoms with Gasteiger partial charge in [0.1, 0.15) is 0 Å². The van der Waals surface area contributed by atoms with E-state index in [2.05, 4.69) is 46.9 Å². The average Bonchev–Trinajstić information content (AvgIpc) is 2.57. The van der Waals surface area contributed by atoms with Gasteiger partial charge >= 0.3 is 0 Å². The van der Waals surface area contributed by atoms with Gasteiger partial charge in [-0.3, -0.25) is 0 Å². The largest absolute Gasteiger partial charge is 0.493 e. The van der Waals surface area contributed by atoms with Crippen LogP contribution in [0.15, 0.2) is 30.3 Å². The standard InChI is InChI=1S/C19H22INO2/c1-22-18-10-14-5-3-4-13(15(14)11-19(18)23-2)8-12-6-7-17(21)16(20)9-12/h6-7,9-11,13H,3-5,8,21H2,1-2H3. The fourth-order valence-electron chi connectivity index (χ4n) is 3.42. The summed E-state index contributed by atoms with van der Waals surface area (Å²) in [6.45, 7) is 0. The van der Waals surface area contributed by atoms with Crippen molar-refractivity contribution in [3.63, 3.8) is 0 Å². The highest BCUT2D eigenvalue weighted by molar-refractivity contribution is 14.1. The second-order valence-corrected chi connectivity index (χ2v) is 7.22. The lowest BCUT2D eigenvalue weighted by atomic mass is 9.79. The van der Waals surface area contributed by atoms with Gasteiger partial charge < -0.3 is 15.2 Å². The van der Waals surface area contributed by atoms with Crippen LogP contribution in [0.4, 0.5) is 5.69 Å². The number of halogens is 1. The highest BCUT2D eigenvalue weighted by Crippen LogP contribution is 2.40. The molecule has 1 aliphatic carbocycles. The third-order valence-corrected chi connectivity index (χ3v) is 5.57. The Hall–Kier alpha value is -1.43. The van der Waals surface area contributed by atoms with E-state index in [-0.39, 0.29) is 0 Å². The van der Waals surface area contributed by atoms with E-state index < -0.39 is 0 Å². The molecular formula is C19H22INO2. The van der Waals surface area contributed by atoms with E-state index >= 15 is 0 Å². The summed E-state index contributed by atoms with van der Waals surface area (Å²) in [7, 11) is 3.39. The van der Waals surface area contributed by atoms with E-state index in [0.29, 0.717) is 5.92 Å². The van der Waals surface area contributed by atoms with Gasteiger partial charge in [0.2, 0.25) is 0 Å². The monoisotopic (exact) mass is 423 g/mol. The summed E-state index contributed by atoms with van der Waals surface area (Å²) >= 11 is 2.30. The van der Waals surface area contributed by atoms with Gasteiger partial charge in [0.05, 0.1) is 14.2 Å². The van der Waals surface area contributed by atoms with Gasteiger partial charge in [-0.05, 0) is 95.1 Å². The van der Waals surface area contributed by atoms with Gasteiger partial charge in [-0.1, -0.05) is 6.07 Å². The highest BCUT2D eigenvalue weighted by Gasteiger charge is 2.23. The Morgan fingerprint density at radius 2 is 1.87 bits per heavy atom. The Morgan fingerprint density at radius 3 is 2.57 bits per heavy atom. The van der Waals surface area contributed by atoms with Crippen LogP contribution in [0.5, 0.6) is 11.5 Å². The number of benzene rings is 2. The summed E-state index contributed by atoms with van der Waals surface area (Å²) in [5.74, 6) is 2.18. The van der Waals surface area contributed by atoms with Crippen LogP contribution in [-0.4, -0.2) is 14.2 Å². The summed E-state index contributed by atoms with van der Waals surface area (Å²) in [6.07, 6.45) is 4.59. The molecule has 0 aliphatic heterocycles. The van der Waals surface area contributed by atoms with Crippen molar-refractivity contribution in [3.8, 4) is 11.5 Å². The van der Waals surface area contributed by atoms with Gasteiger partial charge in [0, 0.05) is 9.26 Å². The van der Waals surface area contributed by atoms with Crippen molar-refractivity contribution in [2.45, 2.75) is 31.6 Å². The van der Waals surface area contributed by atoms with Gasteiger partial charge in [0.15, 0.2) is 11.5 Å². The third kappa shape index (κ3) is 3.42. The number of hydrogen-bond donors (Lipinski definition) is 1. The molecule has 3 rings (SSSR count). The van der Waals surface area contributed by atoms with E-state index in [9.17, 15) is 0 Å². The molecule has 0 amide bonds. The molecule has 0 heterocycles. The quantitative estimate of drug-likeness (QED) is 0.580. The molecule has 0 aromatic heterocycles. The molecule has 3 nitrogen and oxygen atoms in total. The van der Waals surface area contributed by atoms with E-state index in [0.717, 1.165) is 33.6 Å². The van der Waals surface area contributed by atoms with Crippen molar-refractivity contribution in [1.82, 2.24) is 0 Å². The van der Waals surface area contributed by atoms with Crippen LogP contribution in [0.1, 0.15) is 35.4 Å². The Labute approximate surface area is 151 Å². The first kappa shape index (κ1) is 16.4. The molecule has 122 valence electrons. The molecule has 0 saturated heterocycles. The lowest BCUT2D eigenvalue weighted by Crippen LogP contribution is -2.13. The van der Waals surface area contributed by atoms with Gasteiger partial charge in [-0.25, -0.2) is 0 Å². The van der Waals surface area contributed by atoms with Gasteiger partial charge in [-0.2, -0.15) is 0 Å². The van der Waals surface area contributed by atoms with Crippen LogP contribution in [0, 0.1) is 3.57 Å². The van der Waals surface area contributed by atoms with Crippen molar-refractivity contribution in [1.29, 1.82) is 0 Å². The van der Waals surface area contributed by atoms with Crippen molar-refractivity contribution in [2.75, 3.05) is 20.0 Å². The number of fused-ring (bicyclic) bond motifs is 1. The molecule has 2 N–H and O–H groups in total. The van der Waals surface area contributed by atoms with Gasteiger partial charge in [0.25, 0.3) is 0 Å². The average molecular weight is 423 g/mol. The SMILES string of the molecule is COc1cc2c(cc1OC)C(Cc1ccc(N)c(I)c1)CCC2. The number of nitrogen functional groups attached to an aromatic ring is 1. The molecule has 1 aliphatic rings. The van der Waals surface area contributed by atoms with E-state index in [4.69, 9.17) is 15.2 Å². The van der Waals surface area contributed by atoms with Crippen LogP contribution in [0.25, 0.3) is 0 Å². The molecule has 0 saturated carbocycles. The second-order valence-electron chi connectivity index (χ2n) is 6.06. The fraction of sp³-hybridized carbons (Fsp3) is 0.368. The zero-order valence-corrected chi connectivity index (χ0v) is 15.7. The molecule has 0 bridgehead atoms. The Morgan fingerprint density at radius 1 is 1.13 bits per heavy atom. The fourth-order valence-corrected chi connectivity index (χ4v) is 4.00. The van der Waals surface area contributed by atoms with Crippen LogP contribution in [0.2, 0.25) is 0 Å². The predicted octanol–water partition coefficient (Wildman–Crippen LogP) is 4.55. The maximum atomic E-state index is 5.93. The van der Waals surface area contributed by atoms with E-state index in [1.54, 1.807) is 14.2 Å². The van der Waals surface area contributed by atoms with Crippen LogP contribution >= 0.6 is 22.6 Å². The molecule has 0 radical (unpaired) electrons. The number of nitrogens with two attached hydrogens (primary N) is 1. The minimum absolute atomic E-state index is 0.526. The van der Waals surface area contributed by atoms with E-state index in [1.165, 1.54) is 29.5 Å². The summed E-state index contributed by atoms with van der Waals surface area (Å²) in [5, 5.41) is 0. The number of aryl methyl sites for hydroxylation is 1. The lowest BCUT2D eigenvalue weighted by molar-refractivity contribution is 0.352. The summed E-state index contributed by atoms with van der Waals surface area (Å²) in [5.41, 5.74) is 10.9. The number of hydrogen-bond acceptors (Lipinski definition) is 3. The predicted molar refractivity (Wildman–Crippen MR) is 103 cm³/mol. The molecular weight excluding hydrogens is 401 g/mol. The zero-order chi connectivity index (χ0) is 16.4. The summed E-state index contributed by atoms with van der Waals surface area (Å²) in [6, 6.07) is 10.7. The molecule has 0 spiro atoms. The first-order valence-electron chi connectivity index (χ1n) is 7.91. The molecule has 4 heteroatoms. The maximum absolute atomic E-state index is 5.93.